The lowest BCUT2D eigenvalue weighted by Gasteiger charge is -2.32. The first-order valence-electron chi connectivity index (χ1n) is 10.3. The molecule has 31 heavy (non-hydrogen) atoms. The van der Waals surface area contributed by atoms with Crippen LogP contribution in [0.3, 0.4) is 0 Å². The van der Waals surface area contributed by atoms with Crippen molar-refractivity contribution in [2.45, 2.75) is 25.0 Å². The molecule has 1 aliphatic rings. The highest BCUT2D eigenvalue weighted by Gasteiger charge is 2.28. The van der Waals surface area contributed by atoms with E-state index in [0.717, 1.165) is 24.2 Å². The summed E-state index contributed by atoms with van der Waals surface area (Å²) in [6, 6.07) is 10.1. The number of β-amino-alcohol motifs (C(OH)–C–C–N with tert-alkyl or cyclic N) is 1. The maximum Gasteiger partial charge on any atom is 0.227 e. The molecule has 2 atom stereocenters. The molecule has 1 heterocycles. The SMILES string of the molecule is CN(C(=O)Cc1ccc(F)cc1F)C(CN1CC[C@H](O)C1)c1ccc(OCCO)cc1. The average molecular weight is 434 g/mol. The summed E-state index contributed by atoms with van der Waals surface area (Å²) in [5.74, 6) is -1.12. The number of hydrogen-bond donors (Lipinski definition) is 2. The molecule has 2 aromatic carbocycles. The quantitative estimate of drug-likeness (QED) is 0.633. The van der Waals surface area contributed by atoms with Crippen LogP contribution in [0.1, 0.15) is 23.6 Å². The Balaban J connectivity index is 1.78. The van der Waals surface area contributed by atoms with Crippen molar-refractivity contribution < 1.29 is 28.5 Å². The molecule has 1 unspecified atom stereocenters. The third kappa shape index (κ3) is 6.22. The molecule has 0 saturated carbocycles. The zero-order valence-corrected chi connectivity index (χ0v) is 17.5. The number of ether oxygens (including phenoxy) is 1. The molecule has 1 saturated heterocycles. The van der Waals surface area contributed by atoms with Gasteiger partial charge in [0.25, 0.3) is 0 Å². The first kappa shape index (κ1) is 23.1. The molecule has 0 spiro atoms. The Morgan fingerprint density at radius 1 is 1.26 bits per heavy atom. The van der Waals surface area contributed by atoms with Gasteiger partial charge >= 0.3 is 0 Å². The van der Waals surface area contributed by atoms with Crippen LogP contribution in [0, 0.1) is 11.6 Å². The summed E-state index contributed by atoms with van der Waals surface area (Å²) in [6.45, 7) is 1.88. The summed E-state index contributed by atoms with van der Waals surface area (Å²) in [5, 5.41) is 18.8. The number of likely N-dealkylation sites (tertiary alicyclic amines) is 1. The lowest BCUT2D eigenvalue weighted by atomic mass is 10.0. The van der Waals surface area contributed by atoms with Crippen molar-refractivity contribution >= 4 is 5.91 Å². The van der Waals surface area contributed by atoms with Crippen molar-refractivity contribution in [1.29, 1.82) is 0 Å². The second-order valence-corrected chi connectivity index (χ2v) is 7.78. The number of hydrogen-bond acceptors (Lipinski definition) is 5. The number of nitrogens with zero attached hydrogens (tertiary/aromatic N) is 2. The third-order valence-electron chi connectivity index (χ3n) is 5.52. The molecule has 1 aliphatic heterocycles. The van der Waals surface area contributed by atoms with Crippen LogP contribution in [-0.2, 0) is 11.2 Å². The fraction of sp³-hybridized carbons (Fsp3) is 0.435. The largest absolute Gasteiger partial charge is 0.491 e. The van der Waals surface area contributed by atoms with Gasteiger partial charge in [0.05, 0.1) is 25.2 Å². The van der Waals surface area contributed by atoms with E-state index in [-0.39, 0.29) is 43.3 Å². The molecule has 3 rings (SSSR count). The molecular formula is C23H28F2N2O4. The van der Waals surface area contributed by atoms with Gasteiger partial charge in [0.15, 0.2) is 0 Å². The minimum Gasteiger partial charge on any atom is -0.491 e. The zero-order valence-electron chi connectivity index (χ0n) is 17.5. The number of carbonyl (C=O) groups excluding carboxylic acids is 1. The summed E-state index contributed by atoms with van der Waals surface area (Å²) in [4.78, 5) is 16.6. The predicted octanol–water partition coefficient (Wildman–Crippen LogP) is 2.14. The molecular weight excluding hydrogens is 406 g/mol. The normalized spacial score (nSPS) is 17.5. The van der Waals surface area contributed by atoms with Crippen LogP contribution in [0.5, 0.6) is 5.75 Å². The van der Waals surface area contributed by atoms with Gasteiger partial charge in [0.1, 0.15) is 24.0 Å². The van der Waals surface area contributed by atoms with Gasteiger partial charge in [-0.2, -0.15) is 0 Å². The van der Waals surface area contributed by atoms with E-state index < -0.39 is 11.6 Å². The van der Waals surface area contributed by atoms with Gasteiger partial charge in [-0.05, 0) is 35.7 Å². The zero-order chi connectivity index (χ0) is 22.4. The van der Waals surface area contributed by atoms with E-state index in [0.29, 0.717) is 25.3 Å². The monoisotopic (exact) mass is 434 g/mol. The summed E-state index contributed by atoms with van der Waals surface area (Å²) < 4.78 is 32.6. The smallest absolute Gasteiger partial charge is 0.227 e. The molecule has 0 aromatic heterocycles. The number of carbonyl (C=O) groups is 1. The molecule has 2 aromatic rings. The Labute approximate surface area is 180 Å². The van der Waals surface area contributed by atoms with Crippen molar-refractivity contribution in [3.05, 3.63) is 65.2 Å². The number of aliphatic hydroxyl groups is 2. The van der Waals surface area contributed by atoms with E-state index in [4.69, 9.17) is 9.84 Å². The van der Waals surface area contributed by atoms with E-state index in [1.807, 2.05) is 12.1 Å². The van der Waals surface area contributed by atoms with Gasteiger partial charge < -0.3 is 19.8 Å². The maximum atomic E-state index is 14.0. The molecule has 0 aliphatic carbocycles. The summed E-state index contributed by atoms with van der Waals surface area (Å²) in [6.07, 6.45) is 0.114. The van der Waals surface area contributed by atoms with E-state index in [2.05, 4.69) is 4.90 Å². The van der Waals surface area contributed by atoms with Gasteiger partial charge in [0, 0.05) is 32.7 Å². The van der Waals surface area contributed by atoms with E-state index in [1.54, 1.807) is 24.1 Å². The number of amides is 1. The van der Waals surface area contributed by atoms with E-state index in [1.165, 1.54) is 6.07 Å². The van der Waals surface area contributed by atoms with Gasteiger partial charge in [0.2, 0.25) is 5.91 Å². The van der Waals surface area contributed by atoms with Crippen LogP contribution < -0.4 is 4.74 Å². The van der Waals surface area contributed by atoms with Gasteiger partial charge in [-0.25, -0.2) is 8.78 Å². The first-order valence-corrected chi connectivity index (χ1v) is 10.3. The van der Waals surface area contributed by atoms with Gasteiger partial charge in [-0.3, -0.25) is 9.69 Å². The fourth-order valence-electron chi connectivity index (χ4n) is 3.75. The molecule has 1 fully saturated rings. The Morgan fingerprint density at radius 3 is 2.61 bits per heavy atom. The van der Waals surface area contributed by atoms with Crippen LogP contribution in [0.25, 0.3) is 0 Å². The molecule has 168 valence electrons. The van der Waals surface area contributed by atoms with Crippen LogP contribution in [0.4, 0.5) is 8.78 Å². The van der Waals surface area contributed by atoms with Crippen molar-refractivity contribution in [1.82, 2.24) is 9.80 Å². The molecule has 1 amide bonds. The van der Waals surface area contributed by atoms with Crippen molar-refractivity contribution in [2.75, 3.05) is 39.9 Å². The second-order valence-electron chi connectivity index (χ2n) is 7.78. The minimum atomic E-state index is -0.744. The number of aliphatic hydroxyl groups excluding tert-OH is 2. The van der Waals surface area contributed by atoms with Crippen molar-refractivity contribution in [3.63, 3.8) is 0 Å². The highest BCUT2D eigenvalue weighted by Crippen LogP contribution is 2.26. The highest BCUT2D eigenvalue weighted by atomic mass is 19.1. The molecule has 2 N–H and O–H groups in total. The molecule has 0 radical (unpaired) electrons. The Bertz CT molecular complexity index is 878. The Kier molecular flexibility index (Phi) is 7.95. The van der Waals surface area contributed by atoms with Crippen LogP contribution >= 0.6 is 0 Å². The van der Waals surface area contributed by atoms with E-state index >= 15 is 0 Å². The molecule has 6 nitrogen and oxygen atoms in total. The van der Waals surface area contributed by atoms with Crippen molar-refractivity contribution in [2.24, 2.45) is 0 Å². The maximum absolute atomic E-state index is 14.0. The fourth-order valence-corrected chi connectivity index (χ4v) is 3.75. The predicted molar refractivity (Wildman–Crippen MR) is 112 cm³/mol. The van der Waals surface area contributed by atoms with Gasteiger partial charge in [-0.1, -0.05) is 18.2 Å². The molecule has 0 bridgehead atoms. The summed E-state index contributed by atoms with van der Waals surface area (Å²) in [5.41, 5.74) is 1.01. The molecule has 8 heteroatoms. The topological polar surface area (TPSA) is 73.2 Å². The van der Waals surface area contributed by atoms with Crippen LogP contribution in [-0.4, -0.2) is 71.9 Å². The highest BCUT2D eigenvalue weighted by molar-refractivity contribution is 5.79. The van der Waals surface area contributed by atoms with Gasteiger partial charge in [-0.15, -0.1) is 0 Å². The average Bonchev–Trinajstić information content (AvgIpc) is 3.17. The number of rotatable bonds is 9. The van der Waals surface area contributed by atoms with E-state index in [9.17, 15) is 18.7 Å². The second kappa shape index (κ2) is 10.7. The Morgan fingerprint density at radius 2 is 2.00 bits per heavy atom. The van der Waals surface area contributed by atoms with Crippen LogP contribution in [0.2, 0.25) is 0 Å². The lowest BCUT2D eigenvalue weighted by Crippen LogP contribution is -2.39. The van der Waals surface area contributed by atoms with Crippen LogP contribution in [0.15, 0.2) is 42.5 Å². The standard InChI is InChI=1S/C23H28F2N2O4/c1-26(23(30)12-17-2-5-18(24)13-21(17)25)22(15-27-9-8-19(29)14-27)16-3-6-20(7-4-16)31-11-10-28/h2-7,13,19,22,28-29H,8-12,14-15H2,1H3/t19-,22?/m0/s1. The lowest BCUT2D eigenvalue weighted by molar-refractivity contribution is -0.131. The third-order valence-corrected chi connectivity index (χ3v) is 5.52. The Hall–Kier alpha value is -2.55. The number of likely N-dealkylation sites (N-methyl/N-ethyl adjacent to an activating group) is 1. The number of benzene rings is 2. The van der Waals surface area contributed by atoms with Crippen molar-refractivity contribution in [3.8, 4) is 5.75 Å². The summed E-state index contributed by atoms with van der Waals surface area (Å²) >= 11 is 0. The minimum absolute atomic E-state index is 0.0845. The number of halogens is 2. The first-order chi connectivity index (χ1) is 14.9. The summed E-state index contributed by atoms with van der Waals surface area (Å²) in [7, 11) is 1.66.